The molecule has 18 N–H and O–H groups in total. The Morgan fingerprint density at radius 3 is 1.24 bits per heavy atom. The second kappa shape index (κ2) is 42.5. The van der Waals surface area contributed by atoms with Crippen molar-refractivity contribution in [3.8, 4) is 0 Å². The van der Waals surface area contributed by atoms with Crippen LogP contribution in [-0.2, 0) is 47.4 Å². The quantitative estimate of drug-likeness (QED) is 0.0318. The van der Waals surface area contributed by atoms with Crippen molar-refractivity contribution in [2.24, 2.45) is 105 Å². The molecule has 4 saturated heterocycles. The fraction of sp³-hybridized carbons (Fsp3) is 1.00. The number of ether oxygens (including phenoxy) is 10. The zero-order valence-electron chi connectivity index (χ0n) is 71.1. The van der Waals surface area contributed by atoms with Crippen LogP contribution in [0.25, 0.3) is 0 Å². The normalized spacial score (nSPS) is 48.1. The summed E-state index contributed by atoms with van der Waals surface area (Å²) < 4.78 is 60.2. The average Bonchev–Trinajstić information content (AvgIpc) is 1.65. The molecule has 4 heterocycles. The second-order valence-electron chi connectivity index (χ2n) is 39.4. The molecule has 28 nitrogen and oxygen atoms in total. The molecular formula is C82H144B7O28. The first kappa shape index (κ1) is 98.5. The van der Waals surface area contributed by atoms with Gasteiger partial charge in [-0.1, -0.05) is 108 Å². The number of rotatable bonds is 30. The highest BCUT2D eigenvalue weighted by Gasteiger charge is 2.69. The van der Waals surface area contributed by atoms with Gasteiger partial charge in [0.05, 0.1) is 89.5 Å². The van der Waals surface area contributed by atoms with Crippen LogP contribution in [0.4, 0.5) is 0 Å². The van der Waals surface area contributed by atoms with E-state index in [1.807, 2.05) is 0 Å². The third kappa shape index (κ3) is 21.0. The topological polar surface area (TPSA) is 456 Å². The standard InChI is InChI=1S/C55H96O25.C27H48O3.B7/c1-24(2)7-6-8-25(3)28-9-10-29-37-30(19-36(55(28,29)5)72-14-16-74-51-47(70)43(66)49(35(23-59)78-51)80-53-45(68)41(64)39(62)33(21-57)76-53)54(4)12-11-27(60)17-26(54)18-31(37)71-13-15-73-50-46(69)42(65)48(34(22-58)77-50)79-52-44(67)40(63)38(61)32(20-56)75-52;1-16(2)7-6-8-17(3)20-9-10-21-25-22(15-24(30)27(20,21)5)26(4)12-11-19(28)13-18(26)14-23(25)29;1-5-7(4)6(2)3/h24-53,56-70H,6-23H2,1-5H3;16-25,28-30H,6-15H2,1-5H3;/t25-,26+,27-,28-,29+,30+,31-,32?,33?,34?,35?,36+,37+,38-,39-,40+,41+,42-,43-,44?,45?,46?,47?,48-,49-,50-,51-,52-,53-,54+,55-;17-,18+,19-,20-,21+,22+,23-,24+,25+,26+,27-;/m11./s1. The first-order valence-electron chi connectivity index (χ1n) is 44.5. The maximum absolute atomic E-state index is 11.6. The van der Waals surface area contributed by atoms with Gasteiger partial charge in [0.2, 0.25) is 0 Å². The molecule has 0 aromatic heterocycles. The molecule has 0 bridgehead atoms. The monoisotopic (exact) mass is 1650 g/mol. The van der Waals surface area contributed by atoms with E-state index in [0.29, 0.717) is 78.9 Å². The number of aliphatic hydroxyl groups is 18. The Kier molecular flexibility index (Phi) is 35.8. The molecule has 9 radical (unpaired) electrons. The summed E-state index contributed by atoms with van der Waals surface area (Å²) in [6.07, 6.45) is -14.8. The van der Waals surface area contributed by atoms with Gasteiger partial charge in [0.1, 0.15) is 97.7 Å². The molecule has 661 valence electrons. The van der Waals surface area contributed by atoms with Crippen molar-refractivity contribution in [2.45, 2.75) is 357 Å². The van der Waals surface area contributed by atoms with Gasteiger partial charge < -0.3 is 139 Å². The zero-order valence-corrected chi connectivity index (χ0v) is 71.1. The Morgan fingerprint density at radius 2 is 0.812 bits per heavy atom. The summed E-state index contributed by atoms with van der Waals surface area (Å²) in [4.78, 5) is 0. The van der Waals surface area contributed by atoms with Gasteiger partial charge in [0.15, 0.2) is 25.2 Å². The number of hydrogen-bond acceptors (Lipinski definition) is 28. The zero-order chi connectivity index (χ0) is 85.8. The minimum atomic E-state index is -1.81. The van der Waals surface area contributed by atoms with Crippen molar-refractivity contribution in [3.05, 3.63) is 0 Å². The molecule has 42 atom stereocenters. The third-order valence-electron chi connectivity index (χ3n) is 31.8. The number of fused-ring (bicyclic) bond motifs is 10. The van der Waals surface area contributed by atoms with Gasteiger partial charge in [0.25, 0.3) is 0 Å². The van der Waals surface area contributed by atoms with Gasteiger partial charge in [-0.3, -0.25) is 0 Å². The summed E-state index contributed by atoms with van der Waals surface area (Å²) in [6, 6.07) is 0. The molecule has 12 fully saturated rings. The molecule has 117 heavy (non-hydrogen) atoms. The predicted octanol–water partition coefficient (Wildman–Crippen LogP) is -0.515. The van der Waals surface area contributed by atoms with Crippen molar-refractivity contribution in [2.75, 3.05) is 52.9 Å². The maximum atomic E-state index is 11.6. The maximum Gasteiger partial charge on any atom is 0.187 e. The van der Waals surface area contributed by atoms with Gasteiger partial charge in [-0.05, 0) is 189 Å². The van der Waals surface area contributed by atoms with Crippen molar-refractivity contribution in [1.29, 1.82) is 0 Å². The first-order valence-corrected chi connectivity index (χ1v) is 44.5. The number of hydrogen-bond donors (Lipinski definition) is 18. The van der Waals surface area contributed by atoms with Crippen molar-refractivity contribution < 1.29 is 139 Å². The highest BCUT2D eigenvalue weighted by Crippen LogP contribution is 2.71. The lowest BCUT2D eigenvalue weighted by Crippen LogP contribution is -2.64. The van der Waals surface area contributed by atoms with Crippen LogP contribution in [0.2, 0.25) is 0 Å². The van der Waals surface area contributed by atoms with Crippen LogP contribution in [0.1, 0.15) is 198 Å². The Labute approximate surface area is 701 Å². The lowest BCUT2D eigenvalue weighted by molar-refractivity contribution is -0.360. The molecular weight excluding hydrogens is 1510 g/mol. The molecule has 0 aromatic carbocycles. The minimum absolute atomic E-state index is 0.0449. The van der Waals surface area contributed by atoms with Crippen LogP contribution >= 0.6 is 0 Å². The summed E-state index contributed by atoms with van der Waals surface area (Å²) in [6.45, 7) is 20.5. The van der Waals surface area contributed by atoms with E-state index < -0.39 is 162 Å². The summed E-state index contributed by atoms with van der Waals surface area (Å²) in [5.74, 6) is 5.32. The third-order valence-corrected chi connectivity index (χ3v) is 31.8. The van der Waals surface area contributed by atoms with E-state index in [1.165, 1.54) is 39.2 Å². The van der Waals surface area contributed by atoms with Gasteiger partial charge in [-0.25, -0.2) is 0 Å². The van der Waals surface area contributed by atoms with E-state index in [9.17, 15) is 91.9 Å². The van der Waals surface area contributed by atoms with E-state index in [2.05, 4.69) is 69.2 Å². The van der Waals surface area contributed by atoms with Crippen molar-refractivity contribution in [1.82, 2.24) is 0 Å². The lowest BCUT2D eigenvalue weighted by atomic mass is 8.76. The van der Waals surface area contributed by atoms with Crippen LogP contribution in [0.5, 0.6) is 0 Å². The molecule has 12 aliphatic rings. The van der Waals surface area contributed by atoms with E-state index in [0.717, 1.165) is 76.5 Å². The second-order valence-corrected chi connectivity index (χ2v) is 39.4. The fourth-order valence-corrected chi connectivity index (χ4v) is 25.0. The minimum Gasteiger partial charge on any atom is -0.394 e. The van der Waals surface area contributed by atoms with Crippen LogP contribution in [0.3, 0.4) is 0 Å². The van der Waals surface area contributed by atoms with E-state index in [1.54, 1.807) is 0 Å². The van der Waals surface area contributed by atoms with E-state index in [4.69, 9.17) is 78.3 Å². The van der Waals surface area contributed by atoms with Crippen molar-refractivity contribution in [3.63, 3.8) is 0 Å². The molecule has 35 heteroatoms. The lowest BCUT2D eigenvalue weighted by Gasteiger charge is -2.64. The SMILES string of the molecule is CC(C)CCC[C@@H](C)[C@H]1CC[C@H]2[C@@H]3[C@H](O)C[C@@H]4C[C@H](O)CC[C@]4(C)[C@H]3C[C@H](O)[C@]12C.CC(C)CCC[C@@H](C)[C@H]1CC[C@H]2[C@@H]3[C@H](OCCO[C@@H]4OC(CO)[C@@H](O[C@H]5OC(CO)[C@@H](O)[C@H](O)C5O)[C@H](O)C4O)C[C@@H]4C[C@H](O)CC[C@]4(C)[C@H]3C[C@H](OCCO[C@@H]3OC(CO)[C@@H](O[C@H]4OC(CO)[C@@H](O)[C@H](O)C4O)[C@H](O)C3O)[C@]12C.[B][B]B([B])B([B])[B]. The predicted molar refractivity (Wildman–Crippen MR) is 436 cm³/mol. The van der Waals surface area contributed by atoms with E-state index >= 15 is 0 Å². The van der Waals surface area contributed by atoms with Gasteiger partial charge in [-0.2, -0.15) is 0 Å². The number of aliphatic hydroxyl groups excluding tert-OH is 18. The molecule has 0 aromatic rings. The molecule has 8 aliphatic carbocycles. The van der Waals surface area contributed by atoms with E-state index in [-0.39, 0.29) is 109 Å². The summed E-state index contributed by atoms with van der Waals surface area (Å²) in [7, 11) is 21.6. The Bertz CT molecular complexity index is 2970. The summed E-state index contributed by atoms with van der Waals surface area (Å²) in [5, 5.41) is 192. The van der Waals surface area contributed by atoms with Gasteiger partial charge in [0, 0.05) is 56.2 Å². The highest BCUT2D eigenvalue weighted by atomic mass is 16.8. The molecule has 0 spiro atoms. The van der Waals surface area contributed by atoms with Crippen LogP contribution in [-0.4, -0.2) is 355 Å². The summed E-state index contributed by atoms with van der Waals surface area (Å²) in [5.41, 5.74) is -0.358. The van der Waals surface area contributed by atoms with Crippen LogP contribution in [0.15, 0.2) is 0 Å². The smallest absolute Gasteiger partial charge is 0.187 e. The van der Waals surface area contributed by atoms with Crippen LogP contribution in [0, 0.1) is 105 Å². The Balaban J connectivity index is 0.000000319. The fourth-order valence-electron chi connectivity index (χ4n) is 25.0. The highest BCUT2D eigenvalue weighted by molar-refractivity contribution is 7.81. The molecule has 8 unspecified atom stereocenters. The van der Waals surface area contributed by atoms with Crippen molar-refractivity contribution >= 4 is 50.8 Å². The van der Waals surface area contributed by atoms with Gasteiger partial charge >= 0.3 is 0 Å². The summed E-state index contributed by atoms with van der Waals surface area (Å²) >= 11 is 0. The Morgan fingerprint density at radius 1 is 0.410 bits per heavy atom. The molecule has 4 aliphatic heterocycles. The van der Waals surface area contributed by atoms with Crippen LogP contribution < -0.4 is 0 Å². The molecule has 8 saturated carbocycles. The first-order chi connectivity index (χ1) is 55.3. The Hall–Kier alpha value is -0.665. The molecule has 0 amide bonds. The average molecular weight is 1650 g/mol. The molecule has 12 rings (SSSR count). The van der Waals surface area contributed by atoms with Gasteiger partial charge in [-0.15, -0.1) is 0 Å². The largest absolute Gasteiger partial charge is 0.394 e.